The lowest BCUT2D eigenvalue weighted by atomic mass is 10.1. The highest BCUT2D eigenvalue weighted by molar-refractivity contribution is 5.79. The van der Waals surface area contributed by atoms with Crippen LogP contribution in [0.25, 0.3) is 11.3 Å². The van der Waals surface area contributed by atoms with Crippen molar-refractivity contribution in [2.24, 2.45) is 0 Å². The molecule has 0 bridgehead atoms. The fourth-order valence-corrected chi connectivity index (χ4v) is 2.81. The summed E-state index contributed by atoms with van der Waals surface area (Å²) in [5.74, 6) is 0. The second kappa shape index (κ2) is 5.47. The van der Waals surface area contributed by atoms with Gasteiger partial charge in [-0.3, -0.25) is 0 Å². The minimum Gasteiger partial charge on any atom is -0.384 e. The summed E-state index contributed by atoms with van der Waals surface area (Å²) >= 11 is 0. The van der Waals surface area contributed by atoms with Crippen molar-refractivity contribution < 1.29 is 0 Å². The summed E-state index contributed by atoms with van der Waals surface area (Å²) in [6.45, 7) is 4.35. The van der Waals surface area contributed by atoms with Gasteiger partial charge in [-0.05, 0) is 18.4 Å². The number of fused-ring (bicyclic) bond motifs is 1. The van der Waals surface area contributed by atoms with Crippen molar-refractivity contribution >= 4 is 5.69 Å². The van der Waals surface area contributed by atoms with Gasteiger partial charge < -0.3 is 9.88 Å². The molecule has 2 aromatic rings. The van der Waals surface area contributed by atoms with Crippen molar-refractivity contribution in [1.29, 1.82) is 0 Å². The van der Waals surface area contributed by atoms with E-state index in [1.54, 1.807) is 0 Å². The number of anilines is 1. The second-order valence-corrected chi connectivity index (χ2v) is 5.20. The molecular formula is C16H21N3. The van der Waals surface area contributed by atoms with E-state index < -0.39 is 0 Å². The molecule has 0 radical (unpaired) electrons. The Morgan fingerprint density at radius 3 is 3.16 bits per heavy atom. The summed E-state index contributed by atoms with van der Waals surface area (Å²) in [6, 6.07) is 6.58. The molecular weight excluding hydrogens is 234 g/mol. The number of aromatic nitrogens is 2. The Balaban J connectivity index is 1.90. The molecule has 1 aliphatic rings. The van der Waals surface area contributed by atoms with Crippen molar-refractivity contribution in [3.05, 3.63) is 36.3 Å². The highest BCUT2D eigenvalue weighted by Crippen LogP contribution is 2.34. The number of para-hydroxylation sites is 1. The summed E-state index contributed by atoms with van der Waals surface area (Å²) in [4.78, 5) is 4.34. The topological polar surface area (TPSA) is 29.9 Å². The van der Waals surface area contributed by atoms with Gasteiger partial charge in [0, 0.05) is 24.3 Å². The molecule has 1 N–H and O–H groups in total. The number of rotatable bonds is 5. The van der Waals surface area contributed by atoms with Crippen LogP contribution in [0.1, 0.15) is 31.7 Å². The fourth-order valence-electron chi connectivity index (χ4n) is 2.81. The van der Waals surface area contributed by atoms with E-state index in [1.165, 1.54) is 41.8 Å². The molecule has 0 amide bonds. The zero-order valence-corrected chi connectivity index (χ0v) is 11.5. The first-order chi connectivity index (χ1) is 9.40. The number of hydrogen-bond donors (Lipinski definition) is 1. The lowest BCUT2D eigenvalue weighted by molar-refractivity contribution is 0.605. The van der Waals surface area contributed by atoms with Crippen molar-refractivity contribution in [3.8, 4) is 11.3 Å². The lowest BCUT2D eigenvalue weighted by Gasteiger charge is -2.12. The van der Waals surface area contributed by atoms with Crippen LogP contribution in [0.2, 0.25) is 0 Å². The molecule has 1 aliphatic heterocycles. The monoisotopic (exact) mass is 255 g/mol. The molecule has 3 nitrogen and oxygen atoms in total. The second-order valence-electron chi connectivity index (χ2n) is 5.20. The molecule has 0 atom stereocenters. The summed E-state index contributed by atoms with van der Waals surface area (Å²) in [6.07, 6.45) is 8.84. The van der Waals surface area contributed by atoms with Crippen LogP contribution < -0.4 is 5.32 Å². The number of aryl methyl sites for hydroxylation is 1. The Morgan fingerprint density at radius 2 is 2.26 bits per heavy atom. The highest BCUT2D eigenvalue weighted by atomic mass is 15.0. The van der Waals surface area contributed by atoms with Gasteiger partial charge in [-0.2, -0.15) is 0 Å². The molecule has 0 aliphatic carbocycles. The maximum Gasteiger partial charge on any atom is 0.0950 e. The Kier molecular flexibility index (Phi) is 3.53. The quantitative estimate of drug-likeness (QED) is 0.825. The van der Waals surface area contributed by atoms with E-state index in [0.29, 0.717) is 0 Å². The van der Waals surface area contributed by atoms with E-state index in [9.17, 15) is 0 Å². The van der Waals surface area contributed by atoms with Crippen LogP contribution in [0.3, 0.4) is 0 Å². The van der Waals surface area contributed by atoms with Crippen LogP contribution in [0.15, 0.2) is 30.7 Å². The first-order valence-corrected chi connectivity index (χ1v) is 7.26. The van der Waals surface area contributed by atoms with E-state index >= 15 is 0 Å². The van der Waals surface area contributed by atoms with Gasteiger partial charge in [0.25, 0.3) is 0 Å². The molecule has 0 unspecified atom stereocenters. The first kappa shape index (κ1) is 12.3. The molecule has 3 heteroatoms. The zero-order chi connectivity index (χ0) is 13.1. The number of hydrogen-bond acceptors (Lipinski definition) is 2. The molecule has 100 valence electrons. The molecule has 1 aromatic carbocycles. The van der Waals surface area contributed by atoms with Crippen LogP contribution in [-0.2, 0) is 13.0 Å². The molecule has 0 spiro atoms. The summed E-state index contributed by atoms with van der Waals surface area (Å²) in [7, 11) is 0. The lowest BCUT2D eigenvalue weighted by Crippen LogP contribution is -2.00. The fraction of sp³-hybridized carbons (Fsp3) is 0.438. The van der Waals surface area contributed by atoms with Gasteiger partial charge in [0.2, 0.25) is 0 Å². The minimum absolute atomic E-state index is 1.05. The Hall–Kier alpha value is -1.77. The van der Waals surface area contributed by atoms with Gasteiger partial charge in [0.1, 0.15) is 0 Å². The normalized spacial score (nSPS) is 13.3. The number of nitrogens with zero attached hydrogens (tertiary/aromatic N) is 2. The molecule has 1 aromatic heterocycles. The average molecular weight is 255 g/mol. The van der Waals surface area contributed by atoms with E-state index in [1.807, 2.05) is 12.5 Å². The molecule has 2 heterocycles. The number of imidazole rings is 1. The van der Waals surface area contributed by atoms with Crippen molar-refractivity contribution in [2.75, 3.05) is 11.9 Å². The Morgan fingerprint density at radius 1 is 1.32 bits per heavy atom. The predicted octanol–water partition coefficient (Wildman–Crippen LogP) is 3.71. The SMILES string of the molecule is CCCCCn1cncc1-c1cccc2c1NCC2. The van der Waals surface area contributed by atoms with Gasteiger partial charge in [-0.25, -0.2) is 4.98 Å². The van der Waals surface area contributed by atoms with Crippen LogP contribution in [0.5, 0.6) is 0 Å². The van der Waals surface area contributed by atoms with E-state index in [4.69, 9.17) is 0 Å². The molecule has 0 fully saturated rings. The molecule has 0 saturated carbocycles. The average Bonchev–Trinajstić information content (AvgIpc) is 3.07. The van der Waals surface area contributed by atoms with Gasteiger partial charge in [0.05, 0.1) is 18.2 Å². The van der Waals surface area contributed by atoms with E-state index in [2.05, 4.69) is 40.0 Å². The minimum atomic E-state index is 1.05. The predicted molar refractivity (Wildman–Crippen MR) is 79.4 cm³/mol. The molecule has 0 saturated heterocycles. The Labute approximate surface area is 114 Å². The smallest absolute Gasteiger partial charge is 0.0950 e. The third kappa shape index (κ3) is 2.37. The third-order valence-corrected chi connectivity index (χ3v) is 3.84. The van der Waals surface area contributed by atoms with E-state index in [0.717, 1.165) is 19.5 Å². The van der Waals surface area contributed by atoms with Crippen LogP contribution >= 0.6 is 0 Å². The van der Waals surface area contributed by atoms with Crippen LogP contribution in [0, 0.1) is 0 Å². The number of benzene rings is 1. The zero-order valence-electron chi connectivity index (χ0n) is 11.5. The summed E-state index contributed by atoms with van der Waals surface area (Å²) < 4.78 is 2.28. The van der Waals surface area contributed by atoms with Crippen molar-refractivity contribution in [3.63, 3.8) is 0 Å². The first-order valence-electron chi connectivity index (χ1n) is 7.26. The van der Waals surface area contributed by atoms with Gasteiger partial charge in [-0.15, -0.1) is 0 Å². The summed E-state index contributed by atoms with van der Waals surface area (Å²) in [5, 5.41) is 3.51. The maximum absolute atomic E-state index is 4.34. The van der Waals surface area contributed by atoms with Crippen molar-refractivity contribution in [1.82, 2.24) is 9.55 Å². The number of unbranched alkanes of at least 4 members (excludes halogenated alkanes) is 2. The van der Waals surface area contributed by atoms with Crippen LogP contribution in [-0.4, -0.2) is 16.1 Å². The van der Waals surface area contributed by atoms with Gasteiger partial charge in [0.15, 0.2) is 0 Å². The Bertz CT molecular complexity index is 557. The van der Waals surface area contributed by atoms with Gasteiger partial charge >= 0.3 is 0 Å². The molecule has 3 rings (SSSR count). The largest absolute Gasteiger partial charge is 0.384 e. The standard InChI is InChI=1S/C16H21N3/c1-2-3-4-10-19-12-17-11-15(19)14-7-5-6-13-8-9-18-16(13)14/h5-7,11-12,18H,2-4,8-10H2,1H3. The van der Waals surface area contributed by atoms with Crippen molar-refractivity contribution in [2.45, 2.75) is 39.2 Å². The van der Waals surface area contributed by atoms with Gasteiger partial charge in [-0.1, -0.05) is 38.0 Å². The maximum atomic E-state index is 4.34. The number of nitrogens with one attached hydrogen (secondary N) is 1. The van der Waals surface area contributed by atoms with E-state index in [-0.39, 0.29) is 0 Å². The molecule has 19 heavy (non-hydrogen) atoms. The highest BCUT2D eigenvalue weighted by Gasteiger charge is 2.16. The third-order valence-electron chi connectivity index (χ3n) is 3.84. The summed E-state index contributed by atoms with van der Waals surface area (Å²) in [5.41, 5.74) is 5.27. The van der Waals surface area contributed by atoms with Crippen LogP contribution in [0.4, 0.5) is 5.69 Å².